The van der Waals surface area contributed by atoms with E-state index in [0.29, 0.717) is 5.92 Å². The molecule has 0 saturated heterocycles. The summed E-state index contributed by atoms with van der Waals surface area (Å²) in [7, 11) is 0. The zero-order valence-corrected chi connectivity index (χ0v) is 8.46. The molecule has 0 amide bonds. The Labute approximate surface area is 76.7 Å². The molecule has 0 aromatic carbocycles. The summed E-state index contributed by atoms with van der Waals surface area (Å²) in [5.74, 6) is 0.683. The summed E-state index contributed by atoms with van der Waals surface area (Å²) >= 11 is 0. The van der Waals surface area contributed by atoms with E-state index in [1.165, 1.54) is 0 Å². The van der Waals surface area contributed by atoms with Gasteiger partial charge in [-0.05, 0) is 39.5 Å². The summed E-state index contributed by atoms with van der Waals surface area (Å²) < 4.78 is 0. The first-order chi connectivity index (χ1) is 5.85. The van der Waals surface area contributed by atoms with Crippen LogP contribution in [0, 0.1) is 5.92 Å². The molecule has 0 unspecified atom stereocenters. The van der Waals surface area contributed by atoms with E-state index in [0.717, 1.165) is 12.8 Å². The fourth-order valence-corrected chi connectivity index (χ4v) is 1.15. The zero-order valence-electron chi connectivity index (χ0n) is 8.46. The van der Waals surface area contributed by atoms with Gasteiger partial charge in [-0.15, -0.1) is 0 Å². The van der Waals surface area contributed by atoms with Crippen molar-refractivity contribution in [2.24, 2.45) is 5.92 Å². The highest BCUT2D eigenvalue weighted by Crippen LogP contribution is 2.12. The molecule has 0 fully saturated rings. The van der Waals surface area contributed by atoms with E-state index >= 15 is 0 Å². The van der Waals surface area contributed by atoms with Gasteiger partial charge < -0.3 is 0 Å². The summed E-state index contributed by atoms with van der Waals surface area (Å²) in [4.78, 5) is 0. The number of allylic oxidation sites excluding steroid dienone is 6. The molecule has 0 aromatic rings. The third-order valence-electron chi connectivity index (χ3n) is 1.81. The van der Waals surface area contributed by atoms with Gasteiger partial charge >= 0.3 is 0 Å². The molecule has 0 aliphatic rings. The average Bonchev–Trinajstić information content (AvgIpc) is 2.10. The summed E-state index contributed by atoms with van der Waals surface area (Å²) in [6.07, 6.45) is 15.4. The minimum Gasteiger partial charge on any atom is -0.0916 e. The van der Waals surface area contributed by atoms with Crippen LogP contribution in [0.1, 0.15) is 33.6 Å². The number of rotatable bonds is 5. The van der Waals surface area contributed by atoms with Crippen molar-refractivity contribution in [3.05, 3.63) is 36.5 Å². The van der Waals surface area contributed by atoms with Crippen molar-refractivity contribution >= 4 is 0 Å². The van der Waals surface area contributed by atoms with Gasteiger partial charge in [0.15, 0.2) is 0 Å². The Morgan fingerprint density at radius 2 is 1.33 bits per heavy atom. The van der Waals surface area contributed by atoms with Crippen LogP contribution in [-0.2, 0) is 0 Å². The maximum Gasteiger partial charge on any atom is -0.0164 e. The van der Waals surface area contributed by atoms with E-state index in [1.807, 2.05) is 0 Å². The van der Waals surface area contributed by atoms with Crippen LogP contribution in [0.2, 0.25) is 0 Å². The fraction of sp³-hybridized carbons (Fsp3) is 0.500. The second-order valence-corrected chi connectivity index (χ2v) is 2.90. The van der Waals surface area contributed by atoms with Crippen molar-refractivity contribution in [3.63, 3.8) is 0 Å². The van der Waals surface area contributed by atoms with Crippen LogP contribution in [0.3, 0.4) is 0 Å². The van der Waals surface area contributed by atoms with Crippen LogP contribution in [0.25, 0.3) is 0 Å². The highest BCUT2D eigenvalue weighted by Gasteiger charge is 1.97. The quantitative estimate of drug-likeness (QED) is 0.536. The molecule has 0 atom stereocenters. The lowest BCUT2D eigenvalue weighted by atomic mass is 10.0. The Balaban J connectivity index is 3.85. The standard InChI is InChI=1S/C12H20/c1-4-7-10-12(9-6-3)11-8-5-2/h4-9,12H,10-11H2,1-3H3. The van der Waals surface area contributed by atoms with E-state index in [1.54, 1.807) is 0 Å². The number of hydrogen-bond donors (Lipinski definition) is 0. The van der Waals surface area contributed by atoms with Crippen molar-refractivity contribution in [1.82, 2.24) is 0 Å². The van der Waals surface area contributed by atoms with Crippen molar-refractivity contribution in [3.8, 4) is 0 Å². The highest BCUT2D eigenvalue weighted by molar-refractivity contribution is 4.95. The Bertz CT molecular complexity index is 147. The first-order valence-corrected chi connectivity index (χ1v) is 4.70. The van der Waals surface area contributed by atoms with E-state index in [9.17, 15) is 0 Å². The van der Waals surface area contributed by atoms with Crippen molar-refractivity contribution in [2.75, 3.05) is 0 Å². The van der Waals surface area contributed by atoms with Gasteiger partial charge in [0.2, 0.25) is 0 Å². The summed E-state index contributed by atoms with van der Waals surface area (Å²) in [5.41, 5.74) is 0. The number of hydrogen-bond acceptors (Lipinski definition) is 0. The maximum absolute atomic E-state index is 2.28. The van der Waals surface area contributed by atoms with Crippen LogP contribution in [-0.4, -0.2) is 0 Å². The molecule has 0 saturated carbocycles. The molecule has 0 rings (SSSR count). The molecule has 12 heavy (non-hydrogen) atoms. The third kappa shape index (κ3) is 5.96. The smallest absolute Gasteiger partial charge is 0.0164 e. The lowest BCUT2D eigenvalue weighted by Gasteiger charge is -2.05. The summed E-state index contributed by atoms with van der Waals surface area (Å²) in [5, 5.41) is 0. The van der Waals surface area contributed by atoms with Gasteiger partial charge in [0, 0.05) is 0 Å². The lowest BCUT2D eigenvalue weighted by Crippen LogP contribution is -1.91. The molecule has 0 spiro atoms. The van der Waals surface area contributed by atoms with Gasteiger partial charge in [-0.25, -0.2) is 0 Å². The van der Waals surface area contributed by atoms with Crippen LogP contribution in [0.4, 0.5) is 0 Å². The molecular weight excluding hydrogens is 144 g/mol. The topological polar surface area (TPSA) is 0 Å². The van der Waals surface area contributed by atoms with Crippen LogP contribution in [0.15, 0.2) is 36.5 Å². The average molecular weight is 164 g/mol. The lowest BCUT2D eigenvalue weighted by molar-refractivity contribution is 0.673. The van der Waals surface area contributed by atoms with Gasteiger partial charge in [-0.1, -0.05) is 36.5 Å². The van der Waals surface area contributed by atoms with E-state index < -0.39 is 0 Å². The van der Waals surface area contributed by atoms with E-state index in [4.69, 9.17) is 0 Å². The molecule has 0 heteroatoms. The molecule has 0 heterocycles. The minimum absolute atomic E-state index is 0.683. The Kier molecular flexibility index (Phi) is 7.78. The van der Waals surface area contributed by atoms with Gasteiger partial charge in [-0.2, -0.15) is 0 Å². The van der Waals surface area contributed by atoms with Crippen molar-refractivity contribution in [1.29, 1.82) is 0 Å². The Hall–Kier alpha value is -0.780. The van der Waals surface area contributed by atoms with Crippen LogP contribution < -0.4 is 0 Å². The van der Waals surface area contributed by atoms with Gasteiger partial charge in [-0.3, -0.25) is 0 Å². The molecular formula is C12H20. The molecule has 68 valence electrons. The molecule has 0 radical (unpaired) electrons. The minimum atomic E-state index is 0.683. The van der Waals surface area contributed by atoms with Crippen LogP contribution >= 0.6 is 0 Å². The predicted octanol–water partition coefficient (Wildman–Crippen LogP) is 4.11. The second-order valence-electron chi connectivity index (χ2n) is 2.90. The van der Waals surface area contributed by atoms with Gasteiger partial charge in [0.25, 0.3) is 0 Å². The molecule has 0 aliphatic carbocycles. The molecule has 0 nitrogen and oxygen atoms in total. The highest BCUT2D eigenvalue weighted by atomic mass is 14.0. The third-order valence-corrected chi connectivity index (χ3v) is 1.81. The molecule has 0 bridgehead atoms. The first-order valence-electron chi connectivity index (χ1n) is 4.70. The Morgan fingerprint density at radius 1 is 0.833 bits per heavy atom. The van der Waals surface area contributed by atoms with Gasteiger partial charge in [0.1, 0.15) is 0 Å². The summed E-state index contributed by atoms with van der Waals surface area (Å²) in [6.45, 7) is 6.23. The fourth-order valence-electron chi connectivity index (χ4n) is 1.15. The monoisotopic (exact) mass is 164 g/mol. The predicted molar refractivity (Wildman–Crippen MR) is 57.2 cm³/mol. The Morgan fingerprint density at radius 3 is 1.67 bits per heavy atom. The van der Waals surface area contributed by atoms with E-state index in [-0.39, 0.29) is 0 Å². The molecule has 0 N–H and O–H groups in total. The van der Waals surface area contributed by atoms with Crippen molar-refractivity contribution in [2.45, 2.75) is 33.6 Å². The SMILES string of the molecule is CC=CCC(C=CC)CC=CC. The molecule has 0 aliphatic heterocycles. The zero-order chi connectivity index (χ0) is 9.23. The summed E-state index contributed by atoms with van der Waals surface area (Å²) in [6, 6.07) is 0. The van der Waals surface area contributed by atoms with Crippen LogP contribution in [0.5, 0.6) is 0 Å². The van der Waals surface area contributed by atoms with E-state index in [2.05, 4.69) is 57.2 Å². The van der Waals surface area contributed by atoms with Gasteiger partial charge in [0.05, 0.1) is 0 Å². The second kappa shape index (κ2) is 8.32. The maximum atomic E-state index is 2.28. The van der Waals surface area contributed by atoms with Crippen molar-refractivity contribution < 1.29 is 0 Å². The normalized spacial score (nSPS) is 15.2. The largest absolute Gasteiger partial charge is 0.0916 e. The first kappa shape index (κ1) is 11.2. The molecule has 0 aromatic heterocycles.